The molecule has 1 saturated heterocycles. The molecule has 0 aromatic heterocycles. The Morgan fingerprint density at radius 2 is 2.22 bits per heavy atom. The maximum atomic E-state index is 12.3. The zero-order valence-corrected chi connectivity index (χ0v) is 13.2. The number of nitrogens with one attached hydrogen (secondary N) is 2. The molecule has 4 nitrogen and oxygen atoms in total. The van der Waals surface area contributed by atoms with Gasteiger partial charge in [-0.05, 0) is 66.2 Å². The highest BCUT2D eigenvalue weighted by molar-refractivity contribution is 14.1. The van der Waals surface area contributed by atoms with Gasteiger partial charge in [0.05, 0.1) is 4.90 Å². The van der Waals surface area contributed by atoms with Crippen LogP contribution in [0.5, 0.6) is 0 Å². The fraction of sp³-hybridized carbons (Fsp3) is 0.500. The van der Waals surface area contributed by atoms with Crippen molar-refractivity contribution in [3.8, 4) is 0 Å². The number of hydrogen-bond acceptors (Lipinski definition) is 3. The van der Waals surface area contributed by atoms with Crippen molar-refractivity contribution in [2.75, 3.05) is 13.1 Å². The molecule has 18 heavy (non-hydrogen) atoms. The number of sulfonamides is 1. The fourth-order valence-corrected chi connectivity index (χ4v) is 4.27. The molecule has 1 aromatic carbocycles. The Morgan fingerprint density at radius 3 is 2.89 bits per heavy atom. The summed E-state index contributed by atoms with van der Waals surface area (Å²) in [6.45, 7) is 3.79. The zero-order chi connectivity index (χ0) is 13.2. The highest BCUT2D eigenvalue weighted by atomic mass is 127. The summed E-state index contributed by atoms with van der Waals surface area (Å²) in [4.78, 5) is 0.347. The molecule has 6 heteroatoms. The SMILES string of the molecule is CC1CNCCC1NS(=O)(=O)c1cccc(I)c1. The summed E-state index contributed by atoms with van der Waals surface area (Å²) in [5, 5.41) is 3.26. The Labute approximate surface area is 122 Å². The van der Waals surface area contributed by atoms with Crippen molar-refractivity contribution in [1.82, 2.24) is 10.0 Å². The smallest absolute Gasteiger partial charge is 0.240 e. The van der Waals surface area contributed by atoms with Crippen LogP contribution in [0.3, 0.4) is 0 Å². The molecule has 100 valence electrons. The van der Waals surface area contributed by atoms with Crippen LogP contribution < -0.4 is 10.0 Å². The lowest BCUT2D eigenvalue weighted by Crippen LogP contribution is -2.48. The molecule has 0 spiro atoms. The predicted molar refractivity (Wildman–Crippen MR) is 79.9 cm³/mol. The summed E-state index contributed by atoms with van der Waals surface area (Å²) in [7, 11) is -3.40. The summed E-state index contributed by atoms with van der Waals surface area (Å²) in [5.41, 5.74) is 0. The number of piperidine rings is 1. The maximum Gasteiger partial charge on any atom is 0.240 e. The molecular formula is C12H17IN2O2S. The van der Waals surface area contributed by atoms with Gasteiger partial charge in [0, 0.05) is 9.61 Å². The van der Waals surface area contributed by atoms with Crippen molar-refractivity contribution >= 4 is 32.6 Å². The minimum absolute atomic E-state index is 0.0223. The summed E-state index contributed by atoms with van der Waals surface area (Å²) in [6.07, 6.45) is 0.838. The second-order valence-corrected chi connectivity index (χ2v) is 7.61. The molecule has 0 aliphatic carbocycles. The van der Waals surface area contributed by atoms with Crippen LogP contribution in [0.15, 0.2) is 29.2 Å². The molecule has 1 heterocycles. The van der Waals surface area contributed by atoms with E-state index in [0.717, 1.165) is 23.1 Å². The first-order valence-electron chi connectivity index (χ1n) is 5.97. The van der Waals surface area contributed by atoms with E-state index >= 15 is 0 Å². The van der Waals surface area contributed by atoms with Gasteiger partial charge in [0.2, 0.25) is 10.0 Å². The molecule has 0 saturated carbocycles. The first kappa shape index (κ1) is 14.2. The van der Waals surface area contributed by atoms with Gasteiger partial charge in [-0.2, -0.15) is 0 Å². The topological polar surface area (TPSA) is 58.2 Å². The minimum Gasteiger partial charge on any atom is -0.316 e. The van der Waals surface area contributed by atoms with Gasteiger partial charge in [-0.3, -0.25) is 0 Å². The van der Waals surface area contributed by atoms with Gasteiger partial charge in [0.15, 0.2) is 0 Å². The lowest BCUT2D eigenvalue weighted by atomic mass is 9.97. The van der Waals surface area contributed by atoms with E-state index in [1.165, 1.54) is 0 Å². The Hall–Kier alpha value is -0.180. The Kier molecular flexibility index (Phi) is 4.63. The van der Waals surface area contributed by atoms with E-state index in [9.17, 15) is 8.42 Å². The molecule has 2 unspecified atom stereocenters. The number of rotatable bonds is 3. The van der Waals surface area contributed by atoms with Crippen LogP contribution in [-0.2, 0) is 10.0 Å². The van der Waals surface area contributed by atoms with Crippen molar-refractivity contribution in [3.05, 3.63) is 27.8 Å². The quantitative estimate of drug-likeness (QED) is 0.783. The van der Waals surface area contributed by atoms with Gasteiger partial charge in [-0.25, -0.2) is 13.1 Å². The summed E-state index contributed by atoms with van der Waals surface area (Å²) >= 11 is 2.12. The second kappa shape index (κ2) is 5.85. The molecule has 1 aromatic rings. The largest absolute Gasteiger partial charge is 0.316 e. The third-order valence-corrected chi connectivity index (χ3v) is 5.36. The van der Waals surface area contributed by atoms with Crippen LogP contribution >= 0.6 is 22.6 Å². The fourth-order valence-electron chi connectivity index (χ4n) is 2.09. The molecule has 0 amide bonds. The van der Waals surface area contributed by atoms with Crippen LogP contribution in [0.1, 0.15) is 13.3 Å². The Balaban J connectivity index is 2.16. The third kappa shape index (κ3) is 3.43. The first-order valence-corrected chi connectivity index (χ1v) is 8.54. The highest BCUT2D eigenvalue weighted by Crippen LogP contribution is 2.17. The average Bonchev–Trinajstić information content (AvgIpc) is 2.32. The van der Waals surface area contributed by atoms with E-state index in [1.54, 1.807) is 18.2 Å². The van der Waals surface area contributed by atoms with Crippen molar-refractivity contribution in [3.63, 3.8) is 0 Å². The normalized spacial score (nSPS) is 25.0. The summed E-state index contributed by atoms with van der Waals surface area (Å²) in [6, 6.07) is 6.99. The first-order chi connectivity index (χ1) is 8.49. The monoisotopic (exact) mass is 380 g/mol. The van der Waals surface area contributed by atoms with E-state index in [-0.39, 0.29) is 6.04 Å². The number of benzene rings is 1. The third-order valence-electron chi connectivity index (χ3n) is 3.20. The summed E-state index contributed by atoms with van der Waals surface area (Å²) < 4.78 is 28.3. The molecule has 0 radical (unpaired) electrons. The van der Waals surface area contributed by atoms with Crippen molar-refractivity contribution in [2.45, 2.75) is 24.3 Å². The molecule has 0 bridgehead atoms. The van der Waals surface area contributed by atoms with Crippen LogP contribution in [-0.4, -0.2) is 27.5 Å². The van der Waals surface area contributed by atoms with Crippen molar-refractivity contribution in [1.29, 1.82) is 0 Å². The number of hydrogen-bond donors (Lipinski definition) is 2. The van der Waals surface area contributed by atoms with Crippen molar-refractivity contribution in [2.24, 2.45) is 5.92 Å². The highest BCUT2D eigenvalue weighted by Gasteiger charge is 2.26. The van der Waals surface area contributed by atoms with Crippen LogP contribution in [0.4, 0.5) is 0 Å². The van der Waals surface area contributed by atoms with E-state index in [0.29, 0.717) is 10.8 Å². The van der Waals surface area contributed by atoms with E-state index in [2.05, 4.69) is 39.6 Å². The lowest BCUT2D eigenvalue weighted by Gasteiger charge is -2.29. The van der Waals surface area contributed by atoms with Gasteiger partial charge < -0.3 is 5.32 Å². The standard InChI is InChI=1S/C12H17IN2O2S/c1-9-8-14-6-5-12(9)15-18(16,17)11-4-2-3-10(13)7-11/h2-4,7,9,12,14-15H,5-6,8H2,1H3. The van der Waals surface area contributed by atoms with Crippen LogP contribution in [0.2, 0.25) is 0 Å². The summed E-state index contributed by atoms with van der Waals surface area (Å²) in [5.74, 6) is 0.316. The Bertz CT molecular complexity index is 519. The zero-order valence-electron chi connectivity index (χ0n) is 10.2. The van der Waals surface area contributed by atoms with Crippen LogP contribution in [0.25, 0.3) is 0 Å². The van der Waals surface area contributed by atoms with Crippen molar-refractivity contribution < 1.29 is 8.42 Å². The molecule has 1 aliphatic rings. The van der Waals surface area contributed by atoms with E-state index in [4.69, 9.17) is 0 Å². The van der Waals surface area contributed by atoms with E-state index < -0.39 is 10.0 Å². The van der Waals surface area contributed by atoms with Gasteiger partial charge >= 0.3 is 0 Å². The second-order valence-electron chi connectivity index (χ2n) is 4.66. The minimum atomic E-state index is -3.40. The molecule has 1 fully saturated rings. The van der Waals surface area contributed by atoms with Gasteiger partial charge in [-0.15, -0.1) is 0 Å². The predicted octanol–water partition coefficient (Wildman–Crippen LogP) is 1.57. The van der Waals surface area contributed by atoms with Gasteiger partial charge in [0.25, 0.3) is 0 Å². The molecular weight excluding hydrogens is 363 g/mol. The molecule has 2 N–H and O–H groups in total. The Morgan fingerprint density at radius 1 is 1.44 bits per heavy atom. The average molecular weight is 380 g/mol. The lowest BCUT2D eigenvalue weighted by molar-refractivity contribution is 0.328. The van der Waals surface area contributed by atoms with Crippen LogP contribution in [0, 0.1) is 9.49 Å². The number of halogens is 1. The molecule has 2 rings (SSSR count). The maximum absolute atomic E-state index is 12.3. The van der Waals surface area contributed by atoms with Gasteiger partial charge in [0.1, 0.15) is 0 Å². The van der Waals surface area contributed by atoms with E-state index in [1.807, 2.05) is 6.07 Å². The van der Waals surface area contributed by atoms with Gasteiger partial charge in [-0.1, -0.05) is 13.0 Å². The molecule has 1 aliphatic heterocycles. The molecule has 2 atom stereocenters.